The molecule has 1 aliphatic carbocycles. The van der Waals surface area contributed by atoms with E-state index in [2.05, 4.69) is 44.2 Å². The number of anilines is 1. The van der Waals surface area contributed by atoms with Gasteiger partial charge in [-0.3, -0.25) is 0 Å². The second kappa shape index (κ2) is 8.80. The molecule has 198 valence electrons. The maximum atomic E-state index is 10.9. The van der Waals surface area contributed by atoms with Crippen molar-refractivity contribution in [2.45, 2.75) is 82.0 Å². The molecule has 9 nitrogen and oxygen atoms in total. The van der Waals surface area contributed by atoms with Crippen LogP contribution in [0.2, 0.25) is 0 Å². The molecular weight excluding hydrogens is 480 g/mol. The Morgan fingerprint density at radius 3 is 2.42 bits per heavy atom. The molecule has 3 atom stereocenters. The quantitative estimate of drug-likeness (QED) is 0.509. The van der Waals surface area contributed by atoms with Gasteiger partial charge in [-0.2, -0.15) is 0 Å². The Hall–Kier alpha value is -3.46. The average Bonchev–Trinajstić information content (AvgIpc) is 3.73. The number of phenols is 1. The smallest absolute Gasteiger partial charge is 0.257 e. The van der Waals surface area contributed by atoms with E-state index in [9.17, 15) is 5.11 Å². The number of benzene rings is 1. The van der Waals surface area contributed by atoms with E-state index in [1.54, 1.807) is 12.3 Å². The summed E-state index contributed by atoms with van der Waals surface area (Å²) in [4.78, 5) is 11.5. The number of nitrogens with zero attached hydrogens (tertiary/aromatic N) is 5. The van der Waals surface area contributed by atoms with Gasteiger partial charge in [-0.1, -0.05) is 6.07 Å². The molecule has 3 aromatic rings. The van der Waals surface area contributed by atoms with Gasteiger partial charge in [-0.05, 0) is 82.6 Å². The minimum Gasteiger partial charge on any atom is -0.507 e. The Kier molecular flexibility index (Phi) is 5.47. The number of aromatic hydroxyl groups is 1. The van der Waals surface area contributed by atoms with Gasteiger partial charge >= 0.3 is 0 Å². The lowest BCUT2D eigenvalue weighted by atomic mass is 9.69. The third kappa shape index (κ3) is 4.32. The number of fused-ring (bicyclic) bond motifs is 3. The molecule has 5 heterocycles. The van der Waals surface area contributed by atoms with Crippen LogP contribution in [0, 0.1) is 0 Å². The molecule has 7 rings (SSSR count). The predicted octanol–water partition coefficient (Wildman–Crippen LogP) is 4.50. The summed E-state index contributed by atoms with van der Waals surface area (Å²) in [6.07, 6.45) is 11.9. The van der Waals surface area contributed by atoms with Crippen molar-refractivity contribution in [1.29, 1.82) is 0 Å². The molecule has 2 aromatic heterocycles. The van der Waals surface area contributed by atoms with E-state index in [1.807, 2.05) is 24.4 Å². The molecule has 1 saturated carbocycles. The van der Waals surface area contributed by atoms with Crippen LogP contribution < -0.4 is 19.7 Å². The van der Waals surface area contributed by atoms with Crippen LogP contribution in [0.25, 0.3) is 22.5 Å². The van der Waals surface area contributed by atoms with Crippen molar-refractivity contribution in [2.75, 3.05) is 18.1 Å². The topological polar surface area (TPSA) is 106 Å². The van der Waals surface area contributed by atoms with Gasteiger partial charge in [-0.15, -0.1) is 10.2 Å². The molecule has 0 radical (unpaired) electrons. The first-order valence-electron chi connectivity index (χ1n) is 13.7. The number of piperidine rings is 2. The summed E-state index contributed by atoms with van der Waals surface area (Å²) in [6, 6.07) is 8.27. The average molecular weight is 515 g/mol. The van der Waals surface area contributed by atoms with Crippen LogP contribution in [0.4, 0.5) is 5.82 Å². The van der Waals surface area contributed by atoms with E-state index in [1.165, 1.54) is 32.1 Å². The largest absolute Gasteiger partial charge is 0.507 e. The third-order valence-electron chi connectivity index (χ3n) is 8.55. The van der Waals surface area contributed by atoms with E-state index in [0.29, 0.717) is 48.3 Å². The van der Waals surface area contributed by atoms with Crippen LogP contribution in [0.15, 0.2) is 36.7 Å². The molecule has 2 N–H and O–H groups in total. The first-order chi connectivity index (χ1) is 18.4. The van der Waals surface area contributed by atoms with Gasteiger partial charge in [0.2, 0.25) is 0 Å². The zero-order chi connectivity index (χ0) is 25.9. The molecule has 2 saturated heterocycles. The molecule has 3 aliphatic heterocycles. The fraction of sp³-hybridized carbons (Fsp3) is 0.517. The van der Waals surface area contributed by atoms with Crippen LogP contribution in [0.1, 0.15) is 58.8 Å². The standard InChI is InChI=1S/C29H34N6O3/c1-28-8-3-9-29(2,34-28)15-21(14-28)35(20-5-6-20)25-17-30-26(33-32-25)22-7-4-18(12-23(22)36)19-13-24-27(31-16-19)38-11-10-37-24/h4,7,12-13,16-17,20-21,34,36H,3,5-6,8-11,14-15H2,1-2H3/t21-,28-,29+. The molecular formula is C29H34N6O3. The summed E-state index contributed by atoms with van der Waals surface area (Å²) in [6.45, 7) is 5.75. The highest BCUT2D eigenvalue weighted by Gasteiger charge is 2.49. The molecule has 0 spiro atoms. The Balaban J connectivity index is 1.13. The Morgan fingerprint density at radius 1 is 0.921 bits per heavy atom. The summed E-state index contributed by atoms with van der Waals surface area (Å²) in [5.41, 5.74) is 2.54. The molecule has 0 unspecified atom stereocenters. The monoisotopic (exact) mass is 514 g/mol. The second-order valence-electron chi connectivity index (χ2n) is 11.9. The van der Waals surface area contributed by atoms with Crippen molar-refractivity contribution < 1.29 is 14.6 Å². The van der Waals surface area contributed by atoms with Gasteiger partial charge in [0.25, 0.3) is 5.88 Å². The summed E-state index contributed by atoms with van der Waals surface area (Å²) in [5.74, 6) is 2.46. The van der Waals surface area contributed by atoms with Crippen LogP contribution in [-0.2, 0) is 0 Å². The van der Waals surface area contributed by atoms with Gasteiger partial charge in [0.05, 0.1) is 11.8 Å². The van der Waals surface area contributed by atoms with E-state index in [4.69, 9.17) is 9.47 Å². The van der Waals surface area contributed by atoms with Gasteiger partial charge < -0.3 is 24.8 Å². The predicted molar refractivity (Wildman–Crippen MR) is 143 cm³/mol. The minimum absolute atomic E-state index is 0.0954. The molecule has 9 heteroatoms. The number of aromatic nitrogens is 4. The Bertz CT molecular complexity index is 1340. The van der Waals surface area contributed by atoms with Gasteiger partial charge in [-0.25, -0.2) is 9.97 Å². The lowest BCUT2D eigenvalue weighted by molar-refractivity contribution is 0.0766. The van der Waals surface area contributed by atoms with Crippen LogP contribution in [-0.4, -0.2) is 61.6 Å². The minimum atomic E-state index is 0.0954. The summed E-state index contributed by atoms with van der Waals surface area (Å²) < 4.78 is 11.2. The maximum Gasteiger partial charge on any atom is 0.257 e. The van der Waals surface area contributed by atoms with E-state index in [0.717, 1.165) is 29.8 Å². The molecule has 2 bridgehead atoms. The highest BCUT2D eigenvalue weighted by molar-refractivity contribution is 5.73. The number of hydrogen-bond acceptors (Lipinski definition) is 9. The zero-order valence-electron chi connectivity index (χ0n) is 22.0. The molecule has 3 fully saturated rings. The number of hydrogen-bond donors (Lipinski definition) is 2. The number of phenolic OH excluding ortho intramolecular Hbond substituents is 1. The van der Waals surface area contributed by atoms with Crippen molar-refractivity contribution in [1.82, 2.24) is 25.5 Å². The van der Waals surface area contributed by atoms with E-state index in [-0.39, 0.29) is 16.8 Å². The Labute approximate surface area is 222 Å². The summed E-state index contributed by atoms with van der Waals surface area (Å²) in [5, 5.41) is 23.9. The third-order valence-corrected chi connectivity index (χ3v) is 8.55. The Morgan fingerprint density at radius 2 is 1.71 bits per heavy atom. The normalized spacial score (nSPS) is 28.1. The first kappa shape index (κ1) is 23.6. The lowest BCUT2D eigenvalue weighted by Gasteiger charge is -2.55. The number of rotatable bonds is 5. The van der Waals surface area contributed by atoms with Crippen LogP contribution in [0.3, 0.4) is 0 Å². The van der Waals surface area contributed by atoms with Crippen molar-refractivity contribution in [3.63, 3.8) is 0 Å². The van der Waals surface area contributed by atoms with Gasteiger partial charge in [0.15, 0.2) is 17.4 Å². The first-order valence-corrected chi connectivity index (χ1v) is 13.7. The van der Waals surface area contributed by atoms with Crippen molar-refractivity contribution in [3.05, 3.63) is 36.7 Å². The number of pyridine rings is 1. The molecule has 4 aliphatic rings. The molecule has 0 amide bonds. The fourth-order valence-electron chi connectivity index (χ4n) is 6.87. The van der Waals surface area contributed by atoms with Crippen LogP contribution in [0.5, 0.6) is 17.4 Å². The van der Waals surface area contributed by atoms with E-state index >= 15 is 0 Å². The maximum absolute atomic E-state index is 10.9. The highest BCUT2D eigenvalue weighted by Crippen LogP contribution is 2.45. The fourth-order valence-corrected chi connectivity index (χ4v) is 6.87. The number of nitrogens with one attached hydrogen (secondary N) is 1. The SMILES string of the molecule is C[C@]12CCC[C@](C)(C[C@@H](N(c3cnc(-c4ccc(-c5cnc6c(c5)OCCO6)cc4O)nn3)C3CC3)C1)N2. The van der Waals surface area contributed by atoms with Crippen molar-refractivity contribution >= 4 is 5.82 Å². The molecule has 1 aromatic carbocycles. The summed E-state index contributed by atoms with van der Waals surface area (Å²) >= 11 is 0. The van der Waals surface area contributed by atoms with Gasteiger partial charge in [0.1, 0.15) is 19.0 Å². The second-order valence-corrected chi connectivity index (χ2v) is 11.9. The van der Waals surface area contributed by atoms with Crippen molar-refractivity contribution in [3.8, 4) is 39.9 Å². The van der Waals surface area contributed by atoms with Crippen LogP contribution >= 0.6 is 0 Å². The zero-order valence-corrected chi connectivity index (χ0v) is 22.0. The lowest BCUT2D eigenvalue weighted by Crippen LogP contribution is -2.67. The highest BCUT2D eigenvalue weighted by atomic mass is 16.6. The van der Waals surface area contributed by atoms with E-state index < -0.39 is 0 Å². The number of ether oxygens (including phenoxy) is 2. The van der Waals surface area contributed by atoms with Crippen molar-refractivity contribution in [2.24, 2.45) is 0 Å². The summed E-state index contributed by atoms with van der Waals surface area (Å²) in [7, 11) is 0. The van der Waals surface area contributed by atoms with Gasteiger partial charge in [0, 0.05) is 34.9 Å². The molecule has 38 heavy (non-hydrogen) atoms.